The van der Waals surface area contributed by atoms with E-state index in [0.29, 0.717) is 18.3 Å². The molecule has 0 unspecified atom stereocenters. The lowest BCUT2D eigenvalue weighted by Gasteiger charge is -2.26. The number of benzene rings is 1. The Morgan fingerprint density at radius 1 is 1.53 bits per heavy atom. The summed E-state index contributed by atoms with van der Waals surface area (Å²) in [5, 5.41) is 13.8. The van der Waals surface area contributed by atoms with Crippen molar-refractivity contribution in [3.8, 4) is 11.5 Å². The molecule has 1 aromatic rings. The fraction of sp³-hybridized carbons (Fsp3) is 0.455. The predicted octanol–water partition coefficient (Wildman–Crippen LogP) is 1.20. The van der Waals surface area contributed by atoms with Crippen LogP contribution in [0.4, 0.5) is 5.69 Å². The molecule has 92 valence electrons. The van der Waals surface area contributed by atoms with Crippen LogP contribution >= 0.6 is 0 Å². The van der Waals surface area contributed by atoms with Crippen molar-refractivity contribution in [3.63, 3.8) is 0 Å². The van der Waals surface area contributed by atoms with Crippen LogP contribution in [0.2, 0.25) is 0 Å². The van der Waals surface area contributed by atoms with Crippen molar-refractivity contribution in [1.82, 2.24) is 5.32 Å². The molecule has 0 atom stereocenters. The number of rotatable bonds is 5. The van der Waals surface area contributed by atoms with Crippen molar-refractivity contribution >= 4 is 5.69 Å². The minimum Gasteiger partial charge on any atom is -0.493 e. The Kier molecular flexibility index (Phi) is 3.43. The average molecular weight is 238 g/mol. The summed E-state index contributed by atoms with van der Waals surface area (Å²) in [6, 6.07) is 4.53. The third-order valence-electron chi connectivity index (χ3n) is 2.70. The van der Waals surface area contributed by atoms with Gasteiger partial charge in [-0.05, 0) is 6.07 Å². The molecule has 6 heteroatoms. The Labute approximate surface area is 98.7 Å². The number of methoxy groups -OCH3 is 1. The minimum atomic E-state index is -0.474. The van der Waals surface area contributed by atoms with Crippen molar-refractivity contribution in [2.24, 2.45) is 5.92 Å². The van der Waals surface area contributed by atoms with Gasteiger partial charge in [-0.2, -0.15) is 0 Å². The molecule has 17 heavy (non-hydrogen) atoms. The van der Waals surface area contributed by atoms with Gasteiger partial charge in [0, 0.05) is 31.1 Å². The highest BCUT2D eigenvalue weighted by Gasteiger charge is 2.19. The average Bonchev–Trinajstić information content (AvgIpc) is 2.26. The maximum atomic E-state index is 10.7. The van der Waals surface area contributed by atoms with Crippen molar-refractivity contribution in [1.29, 1.82) is 0 Å². The third kappa shape index (κ3) is 2.65. The molecule has 0 bridgehead atoms. The molecule has 1 aromatic carbocycles. The predicted molar refractivity (Wildman–Crippen MR) is 61.5 cm³/mol. The van der Waals surface area contributed by atoms with Crippen LogP contribution in [0, 0.1) is 16.0 Å². The van der Waals surface area contributed by atoms with Crippen molar-refractivity contribution in [2.75, 3.05) is 26.8 Å². The first-order chi connectivity index (χ1) is 8.20. The number of hydrogen-bond donors (Lipinski definition) is 1. The maximum absolute atomic E-state index is 10.7. The third-order valence-corrected chi connectivity index (χ3v) is 2.70. The fourth-order valence-corrected chi connectivity index (χ4v) is 1.58. The van der Waals surface area contributed by atoms with Gasteiger partial charge >= 0.3 is 5.69 Å². The summed E-state index contributed by atoms with van der Waals surface area (Å²) in [4.78, 5) is 10.2. The van der Waals surface area contributed by atoms with Crippen LogP contribution in [0.25, 0.3) is 0 Å². The van der Waals surface area contributed by atoms with Crippen LogP contribution in [-0.4, -0.2) is 31.7 Å². The number of nitrogens with one attached hydrogen (secondary N) is 1. The number of nitro groups is 1. The zero-order valence-corrected chi connectivity index (χ0v) is 9.51. The van der Waals surface area contributed by atoms with E-state index in [1.807, 2.05) is 0 Å². The van der Waals surface area contributed by atoms with Gasteiger partial charge in [0.2, 0.25) is 5.75 Å². The second-order valence-electron chi connectivity index (χ2n) is 3.93. The Hall–Kier alpha value is -1.82. The largest absolute Gasteiger partial charge is 0.493 e. The molecule has 1 aliphatic heterocycles. The minimum absolute atomic E-state index is 0.0508. The van der Waals surface area contributed by atoms with Crippen LogP contribution in [0.5, 0.6) is 11.5 Å². The van der Waals surface area contributed by atoms with Gasteiger partial charge in [-0.15, -0.1) is 0 Å². The Morgan fingerprint density at radius 3 is 2.82 bits per heavy atom. The van der Waals surface area contributed by atoms with Crippen LogP contribution < -0.4 is 14.8 Å². The van der Waals surface area contributed by atoms with Gasteiger partial charge < -0.3 is 14.8 Å². The standard InChI is InChI=1S/C11H14N2O4/c1-16-11-4-9(2-3-10(11)13(14)15)17-7-8-5-12-6-8/h2-4,8,12H,5-7H2,1H3. The number of nitrogens with zero attached hydrogens (tertiary/aromatic N) is 1. The molecule has 1 N–H and O–H groups in total. The van der Waals surface area contributed by atoms with E-state index in [9.17, 15) is 10.1 Å². The van der Waals surface area contributed by atoms with Crippen LogP contribution in [0.1, 0.15) is 0 Å². The Morgan fingerprint density at radius 2 is 2.29 bits per heavy atom. The van der Waals surface area contributed by atoms with Crippen LogP contribution in [0.15, 0.2) is 18.2 Å². The van der Waals surface area contributed by atoms with Gasteiger partial charge in [-0.1, -0.05) is 0 Å². The highest BCUT2D eigenvalue weighted by Crippen LogP contribution is 2.30. The fourth-order valence-electron chi connectivity index (χ4n) is 1.58. The van der Waals surface area contributed by atoms with E-state index in [-0.39, 0.29) is 11.4 Å². The Balaban J connectivity index is 2.04. The molecule has 0 aromatic heterocycles. The molecule has 1 saturated heterocycles. The first-order valence-corrected chi connectivity index (χ1v) is 5.36. The van der Waals surface area contributed by atoms with E-state index < -0.39 is 4.92 Å². The molecule has 6 nitrogen and oxygen atoms in total. The van der Waals surface area contributed by atoms with Gasteiger partial charge in [0.05, 0.1) is 18.6 Å². The molecule has 0 spiro atoms. The molecule has 1 heterocycles. The summed E-state index contributed by atoms with van der Waals surface area (Å²) in [6.07, 6.45) is 0. The lowest BCUT2D eigenvalue weighted by Crippen LogP contribution is -2.45. The lowest BCUT2D eigenvalue weighted by molar-refractivity contribution is -0.385. The van der Waals surface area contributed by atoms with Gasteiger partial charge in [-0.25, -0.2) is 0 Å². The topological polar surface area (TPSA) is 73.6 Å². The van der Waals surface area contributed by atoms with E-state index in [1.165, 1.54) is 13.2 Å². The molecular weight excluding hydrogens is 224 g/mol. The maximum Gasteiger partial charge on any atom is 0.311 e. The smallest absolute Gasteiger partial charge is 0.311 e. The van der Waals surface area contributed by atoms with Crippen molar-refractivity contribution in [3.05, 3.63) is 28.3 Å². The molecule has 0 amide bonds. The van der Waals surface area contributed by atoms with E-state index in [0.717, 1.165) is 13.1 Å². The van der Waals surface area contributed by atoms with Crippen molar-refractivity contribution < 1.29 is 14.4 Å². The Bertz CT molecular complexity index is 418. The second kappa shape index (κ2) is 5.01. The summed E-state index contributed by atoms with van der Waals surface area (Å²) in [5.74, 6) is 1.34. The van der Waals surface area contributed by atoms with Gasteiger partial charge in [-0.3, -0.25) is 10.1 Å². The quantitative estimate of drug-likeness (QED) is 0.616. The molecule has 2 rings (SSSR count). The molecule has 0 radical (unpaired) electrons. The molecule has 1 fully saturated rings. The SMILES string of the molecule is COc1cc(OCC2CNC2)ccc1[N+](=O)[O-]. The van der Waals surface area contributed by atoms with E-state index >= 15 is 0 Å². The summed E-state index contributed by atoms with van der Waals surface area (Å²) < 4.78 is 10.5. The van der Waals surface area contributed by atoms with Gasteiger partial charge in [0.15, 0.2) is 0 Å². The van der Waals surface area contributed by atoms with E-state index in [2.05, 4.69) is 5.32 Å². The zero-order chi connectivity index (χ0) is 12.3. The van der Waals surface area contributed by atoms with E-state index in [4.69, 9.17) is 9.47 Å². The highest BCUT2D eigenvalue weighted by atomic mass is 16.6. The first kappa shape index (κ1) is 11.7. The van der Waals surface area contributed by atoms with Crippen LogP contribution in [-0.2, 0) is 0 Å². The molecule has 0 saturated carbocycles. The van der Waals surface area contributed by atoms with Gasteiger partial charge in [0.1, 0.15) is 5.75 Å². The molecular formula is C11H14N2O4. The number of ether oxygens (including phenoxy) is 2. The van der Waals surface area contributed by atoms with Crippen molar-refractivity contribution in [2.45, 2.75) is 0 Å². The van der Waals surface area contributed by atoms with Gasteiger partial charge in [0.25, 0.3) is 0 Å². The van der Waals surface area contributed by atoms with E-state index in [1.54, 1.807) is 12.1 Å². The number of hydrogen-bond acceptors (Lipinski definition) is 5. The zero-order valence-electron chi connectivity index (χ0n) is 9.51. The second-order valence-corrected chi connectivity index (χ2v) is 3.93. The summed E-state index contributed by atoms with van der Waals surface area (Å²) in [6.45, 7) is 2.54. The number of nitro benzene ring substituents is 1. The normalized spacial score (nSPS) is 15.1. The monoisotopic (exact) mass is 238 g/mol. The lowest BCUT2D eigenvalue weighted by atomic mass is 10.1. The summed E-state index contributed by atoms with van der Waals surface area (Å²) in [7, 11) is 1.40. The molecule has 0 aliphatic carbocycles. The van der Waals surface area contributed by atoms with Crippen LogP contribution in [0.3, 0.4) is 0 Å². The first-order valence-electron chi connectivity index (χ1n) is 5.36. The highest BCUT2D eigenvalue weighted by molar-refractivity contribution is 5.50. The molecule has 1 aliphatic rings. The summed E-state index contributed by atoms with van der Waals surface area (Å²) in [5.41, 5.74) is -0.0508. The summed E-state index contributed by atoms with van der Waals surface area (Å²) >= 11 is 0.